The van der Waals surface area contributed by atoms with Gasteiger partial charge in [-0.25, -0.2) is 9.78 Å². The number of urea groups is 1. The SMILES string of the molecule is COCCCOc1ccc(C)c(Nc2ncc(-c3cc(OC)cc(N4CCNC4=O)c3)o2)c1. The molecule has 2 heterocycles. The minimum absolute atomic E-state index is 0.131. The molecule has 0 unspecified atom stereocenters. The van der Waals surface area contributed by atoms with Crippen molar-refractivity contribution in [3.63, 3.8) is 0 Å². The minimum atomic E-state index is -0.131. The van der Waals surface area contributed by atoms with Crippen molar-refractivity contribution in [1.82, 2.24) is 10.3 Å². The molecular formula is C24H28N4O5. The van der Waals surface area contributed by atoms with Gasteiger partial charge in [0.05, 0.1) is 19.9 Å². The quantitative estimate of drug-likeness (QED) is 0.441. The van der Waals surface area contributed by atoms with E-state index >= 15 is 0 Å². The van der Waals surface area contributed by atoms with Gasteiger partial charge in [-0.05, 0) is 30.7 Å². The van der Waals surface area contributed by atoms with E-state index in [1.54, 1.807) is 25.3 Å². The fraction of sp³-hybridized carbons (Fsp3) is 0.333. The summed E-state index contributed by atoms with van der Waals surface area (Å²) in [7, 11) is 3.27. The third-order valence-corrected chi connectivity index (χ3v) is 5.30. The van der Waals surface area contributed by atoms with Gasteiger partial charge in [0.15, 0.2) is 5.76 Å². The average molecular weight is 453 g/mol. The van der Waals surface area contributed by atoms with Crippen molar-refractivity contribution in [1.29, 1.82) is 0 Å². The zero-order chi connectivity index (χ0) is 23.2. The summed E-state index contributed by atoms with van der Waals surface area (Å²) in [5.74, 6) is 1.94. The maximum absolute atomic E-state index is 12.1. The van der Waals surface area contributed by atoms with Crippen LogP contribution in [-0.2, 0) is 4.74 Å². The Labute approximate surface area is 192 Å². The second-order valence-corrected chi connectivity index (χ2v) is 7.63. The van der Waals surface area contributed by atoms with Crippen LogP contribution in [0.15, 0.2) is 47.0 Å². The summed E-state index contributed by atoms with van der Waals surface area (Å²) in [6, 6.07) is 11.6. The zero-order valence-corrected chi connectivity index (χ0v) is 19.0. The monoisotopic (exact) mass is 452 g/mol. The lowest BCUT2D eigenvalue weighted by molar-refractivity contribution is 0.172. The Hall–Kier alpha value is -3.72. The molecule has 2 N–H and O–H groups in total. The number of ether oxygens (including phenoxy) is 3. The van der Waals surface area contributed by atoms with E-state index in [2.05, 4.69) is 15.6 Å². The number of hydrogen-bond donors (Lipinski definition) is 2. The van der Waals surface area contributed by atoms with Crippen molar-refractivity contribution < 1.29 is 23.4 Å². The number of benzene rings is 2. The van der Waals surface area contributed by atoms with E-state index in [0.29, 0.717) is 43.8 Å². The first-order valence-corrected chi connectivity index (χ1v) is 10.8. The Morgan fingerprint density at radius 3 is 2.79 bits per heavy atom. The van der Waals surface area contributed by atoms with Gasteiger partial charge < -0.3 is 29.3 Å². The third kappa shape index (κ3) is 5.38. The molecule has 1 aromatic heterocycles. The van der Waals surface area contributed by atoms with Crippen molar-refractivity contribution in [2.75, 3.05) is 50.7 Å². The Bertz CT molecular complexity index is 1110. The number of methoxy groups -OCH3 is 2. The van der Waals surface area contributed by atoms with Crippen LogP contribution >= 0.6 is 0 Å². The maximum Gasteiger partial charge on any atom is 0.321 e. The Morgan fingerprint density at radius 2 is 2.03 bits per heavy atom. The van der Waals surface area contributed by atoms with Gasteiger partial charge in [0.1, 0.15) is 11.5 Å². The molecule has 0 atom stereocenters. The number of aryl methyl sites for hydroxylation is 1. The van der Waals surface area contributed by atoms with Crippen LogP contribution in [-0.4, -0.2) is 51.5 Å². The summed E-state index contributed by atoms with van der Waals surface area (Å²) in [4.78, 5) is 18.1. The van der Waals surface area contributed by atoms with E-state index in [4.69, 9.17) is 18.6 Å². The lowest BCUT2D eigenvalue weighted by atomic mass is 10.1. The van der Waals surface area contributed by atoms with Crippen molar-refractivity contribution in [3.8, 4) is 22.8 Å². The first-order chi connectivity index (χ1) is 16.1. The molecule has 4 rings (SSSR count). The normalized spacial score (nSPS) is 13.2. The molecule has 0 bridgehead atoms. The Morgan fingerprint density at radius 1 is 1.15 bits per heavy atom. The van der Waals surface area contributed by atoms with E-state index < -0.39 is 0 Å². The van der Waals surface area contributed by atoms with Crippen molar-refractivity contribution in [2.45, 2.75) is 13.3 Å². The Kier molecular flexibility index (Phi) is 6.99. The lowest BCUT2D eigenvalue weighted by Crippen LogP contribution is -2.27. The standard InChI is InChI=1S/C24H28N4O5/c1-16-5-6-19(32-10-4-9-30-2)14-21(16)27-23-26-15-22(33-23)17-11-18(13-20(12-17)31-3)28-8-7-25-24(28)29/h5-6,11-15H,4,7-10H2,1-3H3,(H,25,29)(H,26,27). The molecule has 2 amide bonds. The number of amides is 2. The van der Waals surface area contributed by atoms with Gasteiger partial charge in [0.2, 0.25) is 0 Å². The highest BCUT2D eigenvalue weighted by Crippen LogP contribution is 2.33. The van der Waals surface area contributed by atoms with E-state index in [0.717, 1.165) is 34.7 Å². The number of nitrogens with zero attached hydrogens (tertiary/aromatic N) is 2. The van der Waals surface area contributed by atoms with Gasteiger partial charge in [0, 0.05) is 62.3 Å². The van der Waals surface area contributed by atoms with Crippen LogP contribution in [0.4, 0.5) is 22.2 Å². The van der Waals surface area contributed by atoms with Crippen molar-refractivity contribution in [2.24, 2.45) is 0 Å². The molecule has 2 aromatic carbocycles. The van der Waals surface area contributed by atoms with Gasteiger partial charge in [-0.15, -0.1) is 0 Å². The molecule has 3 aromatic rings. The first kappa shape index (κ1) is 22.5. The van der Waals surface area contributed by atoms with Crippen LogP contribution in [0.3, 0.4) is 0 Å². The molecule has 0 radical (unpaired) electrons. The summed E-state index contributed by atoms with van der Waals surface area (Å²) in [5.41, 5.74) is 3.37. The zero-order valence-electron chi connectivity index (χ0n) is 19.0. The van der Waals surface area contributed by atoms with Crippen LogP contribution in [0.1, 0.15) is 12.0 Å². The molecule has 9 heteroatoms. The van der Waals surface area contributed by atoms with E-state index in [-0.39, 0.29) is 6.03 Å². The van der Waals surface area contributed by atoms with Crippen LogP contribution < -0.4 is 25.0 Å². The highest BCUT2D eigenvalue weighted by atomic mass is 16.5. The van der Waals surface area contributed by atoms with Gasteiger partial charge in [-0.1, -0.05) is 6.07 Å². The molecule has 0 aliphatic carbocycles. The third-order valence-electron chi connectivity index (χ3n) is 5.30. The fourth-order valence-corrected chi connectivity index (χ4v) is 3.52. The topological polar surface area (TPSA) is 98.1 Å². The molecule has 1 fully saturated rings. The molecule has 9 nitrogen and oxygen atoms in total. The number of rotatable bonds is 10. The van der Waals surface area contributed by atoms with Gasteiger partial charge in [0.25, 0.3) is 6.01 Å². The molecule has 1 saturated heterocycles. The van der Waals surface area contributed by atoms with Gasteiger partial charge >= 0.3 is 6.03 Å². The molecule has 1 aliphatic heterocycles. The first-order valence-electron chi connectivity index (χ1n) is 10.8. The van der Waals surface area contributed by atoms with E-state index in [1.807, 2.05) is 43.3 Å². The highest BCUT2D eigenvalue weighted by Gasteiger charge is 2.23. The molecule has 0 spiro atoms. The maximum atomic E-state index is 12.1. The summed E-state index contributed by atoms with van der Waals surface area (Å²) >= 11 is 0. The summed E-state index contributed by atoms with van der Waals surface area (Å²) < 4.78 is 22.2. The lowest BCUT2D eigenvalue weighted by Gasteiger charge is -2.16. The molecule has 174 valence electrons. The van der Waals surface area contributed by atoms with Gasteiger partial charge in [-0.2, -0.15) is 0 Å². The number of aromatic nitrogens is 1. The smallest absolute Gasteiger partial charge is 0.321 e. The summed E-state index contributed by atoms with van der Waals surface area (Å²) in [6.45, 7) is 4.43. The van der Waals surface area contributed by atoms with Crippen molar-refractivity contribution in [3.05, 3.63) is 48.2 Å². The van der Waals surface area contributed by atoms with Crippen LogP contribution in [0.25, 0.3) is 11.3 Å². The van der Waals surface area contributed by atoms with E-state index in [1.165, 1.54) is 0 Å². The number of oxazole rings is 1. The number of hydrogen-bond acceptors (Lipinski definition) is 7. The van der Waals surface area contributed by atoms with Gasteiger partial charge in [-0.3, -0.25) is 4.90 Å². The Balaban J connectivity index is 1.52. The molecular weight excluding hydrogens is 424 g/mol. The highest BCUT2D eigenvalue weighted by molar-refractivity contribution is 5.95. The van der Waals surface area contributed by atoms with Crippen LogP contribution in [0.5, 0.6) is 11.5 Å². The van der Waals surface area contributed by atoms with Crippen LogP contribution in [0, 0.1) is 6.92 Å². The number of carbonyl (C=O) groups is 1. The summed E-state index contributed by atoms with van der Waals surface area (Å²) in [5, 5.41) is 6.03. The number of anilines is 3. The largest absolute Gasteiger partial charge is 0.497 e. The predicted molar refractivity (Wildman–Crippen MR) is 126 cm³/mol. The summed E-state index contributed by atoms with van der Waals surface area (Å²) in [6.07, 6.45) is 2.46. The average Bonchev–Trinajstić information content (AvgIpc) is 3.47. The second kappa shape index (κ2) is 10.3. The molecule has 0 saturated carbocycles. The number of nitrogens with one attached hydrogen (secondary N) is 2. The second-order valence-electron chi connectivity index (χ2n) is 7.63. The predicted octanol–water partition coefficient (Wildman–Crippen LogP) is 4.35. The fourth-order valence-electron chi connectivity index (χ4n) is 3.52. The molecule has 1 aliphatic rings. The minimum Gasteiger partial charge on any atom is -0.497 e. The number of carbonyl (C=O) groups excluding carboxylic acids is 1. The molecule has 33 heavy (non-hydrogen) atoms. The van der Waals surface area contributed by atoms with Crippen LogP contribution in [0.2, 0.25) is 0 Å². The van der Waals surface area contributed by atoms with Crippen molar-refractivity contribution >= 4 is 23.4 Å². The van der Waals surface area contributed by atoms with E-state index in [9.17, 15) is 4.79 Å².